The van der Waals surface area contributed by atoms with Gasteiger partial charge in [-0.2, -0.15) is 4.31 Å². The van der Waals surface area contributed by atoms with Gasteiger partial charge in [0.05, 0.1) is 21.1 Å². The number of rotatable bonds is 6. The maximum atomic E-state index is 13.9. The summed E-state index contributed by atoms with van der Waals surface area (Å²) in [5.74, 6) is -0.272. The average Bonchev–Trinajstić information content (AvgIpc) is 3.57. The van der Waals surface area contributed by atoms with Crippen LogP contribution in [0, 0.1) is 0 Å². The van der Waals surface area contributed by atoms with Crippen LogP contribution < -0.4 is 4.90 Å². The van der Waals surface area contributed by atoms with Crippen molar-refractivity contribution in [3.63, 3.8) is 0 Å². The Labute approximate surface area is 219 Å². The van der Waals surface area contributed by atoms with E-state index >= 15 is 0 Å². The van der Waals surface area contributed by atoms with Gasteiger partial charge in [-0.3, -0.25) is 9.69 Å². The normalized spacial score (nSPS) is 16.8. The summed E-state index contributed by atoms with van der Waals surface area (Å²) in [6.45, 7) is 0.593. The molecule has 0 spiro atoms. The lowest BCUT2D eigenvalue weighted by atomic mass is 10.1. The van der Waals surface area contributed by atoms with Gasteiger partial charge in [0.15, 0.2) is 5.13 Å². The fourth-order valence-corrected chi connectivity index (χ4v) is 8.80. The van der Waals surface area contributed by atoms with Gasteiger partial charge in [-0.25, -0.2) is 13.4 Å². The molecule has 1 amide bonds. The number of anilines is 1. The lowest BCUT2D eigenvalue weighted by Gasteiger charge is -2.28. The molecular weight excluding hydrogens is 578 g/mol. The SMILES string of the molecule is O=C(C1CCCN1S(=O)(=O)c1ccc(Cl)s1)N(Cc1ccccc1)c1nc2ccc(Br)cc2s1. The lowest BCUT2D eigenvalue weighted by Crippen LogP contribution is -2.47. The maximum Gasteiger partial charge on any atom is 0.253 e. The summed E-state index contributed by atoms with van der Waals surface area (Å²) < 4.78 is 30.4. The monoisotopic (exact) mass is 595 g/mol. The van der Waals surface area contributed by atoms with Crippen molar-refractivity contribution in [2.45, 2.75) is 29.6 Å². The molecule has 0 bridgehead atoms. The molecule has 1 aliphatic heterocycles. The predicted octanol–water partition coefficient (Wildman–Crippen LogP) is 6.16. The molecule has 0 saturated carbocycles. The third-order valence-electron chi connectivity index (χ3n) is 5.62. The van der Waals surface area contributed by atoms with Crippen LogP contribution >= 0.6 is 50.2 Å². The van der Waals surface area contributed by atoms with Gasteiger partial charge in [0.1, 0.15) is 10.3 Å². The standard InChI is InChI=1S/C23H19BrClN3O3S3/c24-16-8-9-17-19(13-16)32-23(26-17)27(14-15-5-2-1-3-6-15)22(29)18-7-4-12-28(18)34(30,31)21-11-10-20(25)33-21/h1-3,5-6,8-11,13,18H,4,7,12,14H2. The van der Waals surface area contributed by atoms with Crippen molar-refractivity contribution >= 4 is 81.5 Å². The Balaban J connectivity index is 1.52. The molecule has 176 valence electrons. The Morgan fingerprint density at radius 3 is 2.68 bits per heavy atom. The number of thiazole rings is 1. The van der Waals surface area contributed by atoms with E-state index in [1.165, 1.54) is 21.7 Å². The smallest absolute Gasteiger partial charge is 0.253 e. The zero-order chi connectivity index (χ0) is 23.9. The highest BCUT2D eigenvalue weighted by molar-refractivity contribution is 9.10. The van der Waals surface area contributed by atoms with E-state index in [4.69, 9.17) is 16.6 Å². The number of sulfonamides is 1. The summed E-state index contributed by atoms with van der Waals surface area (Å²) in [7, 11) is -3.83. The highest BCUT2D eigenvalue weighted by Crippen LogP contribution is 2.36. The molecule has 0 N–H and O–H groups in total. The van der Waals surface area contributed by atoms with Gasteiger partial charge in [0, 0.05) is 11.0 Å². The Morgan fingerprint density at radius 2 is 1.94 bits per heavy atom. The molecule has 2 aromatic heterocycles. The molecule has 1 atom stereocenters. The predicted molar refractivity (Wildman–Crippen MR) is 141 cm³/mol. The van der Waals surface area contributed by atoms with Crippen LogP contribution in [0.2, 0.25) is 4.34 Å². The largest absolute Gasteiger partial charge is 0.282 e. The molecule has 3 heterocycles. The molecule has 11 heteroatoms. The van der Waals surface area contributed by atoms with Gasteiger partial charge in [-0.05, 0) is 48.7 Å². The van der Waals surface area contributed by atoms with E-state index < -0.39 is 16.1 Å². The second-order valence-electron chi connectivity index (χ2n) is 7.85. The number of amides is 1. The van der Waals surface area contributed by atoms with E-state index in [-0.39, 0.29) is 10.1 Å². The third-order valence-corrected chi connectivity index (χ3v) is 10.8. The third kappa shape index (κ3) is 4.67. The van der Waals surface area contributed by atoms with Crippen molar-refractivity contribution < 1.29 is 13.2 Å². The molecule has 6 nitrogen and oxygen atoms in total. The minimum atomic E-state index is -3.83. The first kappa shape index (κ1) is 23.9. The van der Waals surface area contributed by atoms with Crippen LogP contribution in [-0.4, -0.2) is 36.2 Å². The molecule has 4 aromatic rings. The van der Waals surface area contributed by atoms with Crippen LogP contribution in [0.4, 0.5) is 5.13 Å². The number of carbonyl (C=O) groups excluding carboxylic acids is 1. The van der Waals surface area contributed by atoms with E-state index in [0.29, 0.717) is 35.4 Å². The number of halogens is 2. The van der Waals surface area contributed by atoms with Gasteiger partial charge in [0.2, 0.25) is 5.91 Å². The lowest BCUT2D eigenvalue weighted by molar-refractivity contribution is -0.121. The van der Waals surface area contributed by atoms with Gasteiger partial charge < -0.3 is 0 Å². The second-order valence-corrected chi connectivity index (χ2v) is 13.6. The zero-order valence-corrected chi connectivity index (χ0v) is 22.5. The first-order chi connectivity index (χ1) is 16.3. The topological polar surface area (TPSA) is 70.6 Å². The van der Waals surface area contributed by atoms with E-state index in [1.807, 2.05) is 48.5 Å². The minimum Gasteiger partial charge on any atom is -0.282 e. The van der Waals surface area contributed by atoms with E-state index in [1.54, 1.807) is 11.0 Å². The van der Waals surface area contributed by atoms with E-state index in [9.17, 15) is 13.2 Å². The number of nitrogens with zero attached hydrogens (tertiary/aromatic N) is 3. The van der Waals surface area contributed by atoms with Crippen LogP contribution in [0.15, 0.2) is 69.3 Å². The molecule has 2 aromatic carbocycles. The Bertz CT molecular complexity index is 1460. The summed E-state index contributed by atoms with van der Waals surface area (Å²) in [5, 5.41) is 0.547. The number of thiophene rings is 1. The summed E-state index contributed by atoms with van der Waals surface area (Å²) >= 11 is 11.9. The highest BCUT2D eigenvalue weighted by Gasteiger charge is 2.42. The average molecular weight is 597 g/mol. The van der Waals surface area contributed by atoms with Crippen molar-refractivity contribution in [2.75, 3.05) is 11.4 Å². The van der Waals surface area contributed by atoms with Crippen molar-refractivity contribution in [3.05, 3.63) is 75.0 Å². The number of hydrogen-bond acceptors (Lipinski definition) is 6. The van der Waals surface area contributed by atoms with Gasteiger partial charge in [-0.1, -0.05) is 69.2 Å². The first-order valence-electron chi connectivity index (χ1n) is 10.5. The highest BCUT2D eigenvalue weighted by atomic mass is 79.9. The maximum absolute atomic E-state index is 13.9. The van der Waals surface area contributed by atoms with Crippen molar-refractivity contribution in [1.82, 2.24) is 9.29 Å². The van der Waals surface area contributed by atoms with Crippen LogP contribution in [0.1, 0.15) is 18.4 Å². The number of benzene rings is 2. The minimum absolute atomic E-state index is 0.150. The Kier molecular flexibility index (Phi) is 6.80. The molecule has 0 radical (unpaired) electrons. The zero-order valence-electron chi connectivity index (χ0n) is 17.7. The number of hydrogen-bond donors (Lipinski definition) is 0. The van der Waals surface area contributed by atoms with E-state index in [0.717, 1.165) is 31.6 Å². The Hall–Kier alpha value is -1.82. The molecule has 34 heavy (non-hydrogen) atoms. The van der Waals surface area contributed by atoms with Crippen LogP contribution in [0.25, 0.3) is 10.2 Å². The molecule has 1 saturated heterocycles. The summed E-state index contributed by atoms with van der Waals surface area (Å²) in [6, 6.07) is 17.7. The fourth-order valence-electron chi connectivity index (χ4n) is 4.01. The molecule has 1 aliphatic rings. The first-order valence-corrected chi connectivity index (χ1v) is 14.8. The van der Waals surface area contributed by atoms with Crippen molar-refractivity contribution in [2.24, 2.45) is 0 Å². The van der Waals surface area contributed by atoms with Gasteiger partial charge >= 0.3 is 0 Å². The van der Waals surface area contributed by atoms with Gasteiger partial charge in [0.25, 0.3) is 10.0 Å². The molecule has 5 rings (SSSR count). The quantitative estimate of drug-likeness (QED) is 0.267. The summed E-state index contributed by atoms with van der Waals surface area (Å²) in [5.41, 5.74) is 1.73. The van der Waals surface area contributed by atoms with Crippen LogP contribution in [0.3, 0.4) is 0 Å². The van der Waals surface area contributed by atoms with Crippen LogP contribution in [-0.2, 0) is 21.4 Å². The van der Waals surface area contributed by atoms with Gasteiger partial charge in [-0.15, -0.1) is 11.3 Å². The van der Waals surface area contributed by atoms with Crippen molar-refractivity contribution in [1.29, 1.82) is 0 Å². The van der Waals surface area contributed by atoms with E-state index in [2.05, 4.69) is 15.9 Å². The fraction of sp³-hybridized carbons (Fsp3) is 0.217. The number of carbonyl (C=O) groups is 1. The molecule has 1 fully saturated rings. The van der Waals surface area contributed by atoms with Crippen LogP contribution in [0.5, 0.6) is 0 Å². The number of fused-ring (bicyclic) bond motifs is 1. The summed E-state index contributed by atoms with van der Waals surface area (Å²) in [6.07, 6.45) is 1.07. The Morgan fingerprint density at radius 1 is 1.15 bits per heavy atom. The molecule has 1 unspecified atom stereocenters. The number of aromatic nitrogens is 1. The van der Waals surface area contributed by atoms with Crippen molar-refractivity contribution in [3.8, 4) is 0 Å². The molecular formula is C23H19BrClN3O3S3. The second kappa shape index (κ2) is 9.67. The molecule has 0 aliphatic carbocycles. The summed E-state index contributed by atoms with van der Waals surface area (Å²) in [4.78, 5) is 20.3.